The highest BCUT2D eigenvalue weighted by Gasteiger charge is 2.04. The van der Waals surface area contributed by atoms with E-state index in [2.05, 4.69) is 38.7 Å². The van der Waals surface area contributed by atoms with Gasteiger partial charge >= 0.3 is 0 Å². The fourth-order valence-electron chi connectivity index (χ4n) is 0.802. The number of halogens is 3. The van der Waals surface area contributed by atoms with Gasteiger partial charge in [-0.25, -0.2) is 4.39 Å². The molecule has 1 aromatic rings. The van der Waals surface area contributed by atoms with Gasteiger partial charge in [-0.15, -0.1) is 0 Å². The van der Waals surface area contributed by atoms with Crippen LogP contribution in [0.5, 0.6) is 0 Å². The van der Waals surface area contributed by atoms with Crippen LogP contribution in [0.25, 0.3) is 0 Å². The van der Waals surface area contributed by atoms with E-state index in [1.807, 2.05) is 22.6 Å². The van der Waals surface area contributed by atoms with Crippen LogP contribution >= 0.6 is 50.7 Å². The van der Waals surface area contributed by atoms with Crippen LogP contribution in [-0.4, -0.2) is 11.3 Å². The van der Waals surface area contributed by atoms with E-state index in [0.717, 1.165) is 4.47 Å². The lowest BCUT2D eigenvalue weighted by atomic mass is 10.2. The molecule has 15 heavy (non-hydrogen) atoms. The van der Waals surface area contributed by atoms with Crippen LogP contribution in [0.1, 0.15) is 5.56 Å². The Balaban J connectivity index is 2.90. The zero-order valence-corrected chi connectivity index (χ0v) is 11.9. The van der Waals surface area contributed by atoms with Crippen molar-refractivity contribution >= 4 is 62.1 Å². The standard InChI is InChI=1S/C8H6BrFIN3S/c9-5-2-7(11)6(10)1-4(5)3-13-14-8(12)15/h1-3H,(H3,12,14,15). The van der Waals surface area contributed by atoms with Crippen molar-refractivity contribution in [3.63, 3.8) is 0 Å². The Morgan fingerprint density at radius 2 is 2.33 bits per heavy atom. The maximum absolute atomic E-state index is 13.2. The topological polar surface area (TPSA) is 50.4 Å². The zero-order valence-electron chi connectivity index (χ0n) is 7.30. The van der Waals surface area contributed by atoms with Gasteiger partial charge in [0.05, 0.1) is 6.21 Å². The van der Waals surface area contributed by atoms with E-state index in [0.29, 0.717) is 9.13 Å². The van der Waals surface area contributed by atoms with Crippen LogP contribution in [0, 0.1) is 9.39 Å². The maximum atomic E-state index is 13.2. The lowest BCUT2D eigenvalue weighted by molar-refractivity contribution is 0.619. The number of hydrogen-bond donors (Lipinski definition) is 2. The molecule has 1 aromatic carbocycles. The molecule has 0 radical (unpaired) electrons. The van der Waals surface area contributed by atoms with Gasteiger partial charge in [0.25, 0.3) is 0 Å². The monoisotopic (exact) mass is 401 g/mol. The van der Waals surface area contributed by atoms with Crippen molar-refractivity contribution < 1.29 is 4.39 Å². The van der Waals surface area contributed by atoms with Crippen LogP contribution < -0.4 is 11.2 Å². The first-order chi connectivity index (χ1) is 7.00. The molecule has 0 fully saturated rings. The van der Waals surface area contributed by atoms with Crippen LogP contribution in [0.2, 0.25) is 0 Å². The van der Waals surface area contributed by atoms with Gasteiger partial charge in [0.15, 0.2) is 5.11 Å². The molecule has 80 valence electrons. The van der Waals surface area contributed by atoms with Gasteiger partial charge in [-0.2, -0.15) is 5.10 Å². The largest absolute Gasteiger partial charge is 0.375 e. The molecule has 0 unspecified atom stereocenters. The third-order valence-corrected chi connectivity index (χ3v) is 3.02. The second-order valence-corrected chi connectivity index (χ2v) is 4.98. The first-order valence-corrected chi connectivity index (χ1v) is 6.01. The summed E-state index contributed by atoms with van der Waals surface area (Å²) in [6, 6.07) is 3.04. The Kier molecular flexibility index (Phi) is 4.87. The summed E-state index contributed by atoms with van der Waals surface area (Å²) in [5.41, 5.74) is 8.17. The summed E-state index contributed by atoms with van der Waals surface area (Å²) in [4.78, 5) is 0. The lowest BCUT2D eigenvalue weighted by Gasteiger charge is -2.01. The normalized spacial score (nSPS) is 10.6. The molecular weight excluding hydrogens is 396 g/mol. The van der Waals surface area contributed by atoms with Gasteiger partial charge in [-0.3, -0.25) is 5.43 Å². The molecule has 3 N–H and O–H groups in total. The molecule has 7 heteroatoms. The van der Waals surface area contributed by atoms with Crippen molar-refractivity contribution in [2.75, 3.05) is 0 Å². The second kappa shape index (κ2) is 5.71. The van der Waals surface area contributed by atoms with E-state index in [9.17, 15) is 4.39 Å². The van der Waals surface area contributed by atoms with Crippen LogP contribution in [0.15, 0.2) is 21.7 Å². The van der Waals surface area contributed by atoms with E-state index in [-0.39, 0.29) is 10.9 Å². The van der Waals surface area contributed by atoms with Crippen molar-refractivity contribution in [3.8, 4) is 0 Å². The summed E-state index contributed by atoms with van der Waals surface area (Å²) in [6.07, 6.45) is 1.43. The van der Waals surface area contributed by atoms with Crippen molar-refractivity contribution in [2.45, 2.75) is 0 Å². The Bertz CT molecular complexity index is 425. The highest BCUT2D eigenvalue weighted by Crippen LogP contribution is 2.21. The van der Waals surface area contributed by atoms with Gasteiger partial charge in [0.2, 0.25) is 0 Å². The number of benzene rings is 1. The van der Waals surface area contributed by atoms with Crippen molar-refractivity contribution in [3.05, 3.63) is 31.6 Å². The number of nitrogens with two attached hydrogens (primary N) is 1. The third-order valence-electron chi connectivity index (χ3n) is 1.42. The summed E-state index contributed by atoms with van der Waals surface area (Å²) in [6.45, 7) is 0. The van der Waals surface area contributed by atoms with E-state index in [4.69, 9.17) is 5.73 Å². The Morgan fingerprint density at radius 3 is 2.93 bits per heavy atom. The number of nitrogens with zero attached hydrogens (tertiary/aromatic N) is 1. The number of thiocarbonyl (C=S) groups is 1. The minimum absolute atomic E-state index is 0.0633. The molecule has 0 atom stereocenters. The second-order valence-electron chi connectivity index (χ2n) is 2.52. The quantitative estimate of drug-likeness (QED) is 0.263. The maximum Gasteiger partial charge on any atom is 0.184 e. The number of rotatable bonds is 2. The van der Waals surface area contributed by atoms with E-state index < -0.39 is 0 Å². The summed E-state index contributed by atoms with van der Waals surface area (Å²) in [5, 5.41) is 3.80. The molecule has 1 rings (SSSR count). The smallest absolute Gasteiger partial charge is 0.184 e. The minimum Gasteiger partial charge on any atom is -0.375 e. The lowest BCUT2D eigenvalue weighted by Crippen LogP contribution is -2.24. The molecule has 0 amide bonds. The summed E-state index contributed by atoms with van der Waals surface area (Å²) >= 11 is 9.76. The van der Waals surface area contributed by atoms with Gasteiger partial charge in [0, 0.05) is 13.6 Å². The Hall–Kier alpha value is -0.280. The van der Waals surface area contributed by atoms with E-state index >= 15 is 0 Å². The van der Waals surface area contributed by atoms with Crippen LogP contribution in [0.3, 0.4) is 0 Å². The van der Waals surface area contributed by atoms with Crippen LogP contribution in [-0.2, 0) is 0 Å². The van der Waals surface area contributed by atoms with Gasteiger partial charge < -0.3 is 5.73 Å². The average Bonchev–Trinajstić information content (AvgIpc) is 2.13. The first-order valence-electron chi connectivity index (χ1n) is 3.73. The fourth-order valence-corrected chi connectivity index (χ4v) is 2.20. The molecule has 0 saturated carbocycles. The Morgan fingerprint density at radius 1 is 1.67 bits per heavy atom. The van der Waals surface area contributed by atoms with Gasteiger partial charge in [-0.05, 0) is 46.9 Å². The highest BCUT2D eigenvalue weighted by molar-refractivity contribution is 14.1. The number of hydrogen-bond acceptors (Lipinski definition) is 2. The highest BCUT2D eigenvalue weighted by atomic mass is 127. The molecule has 0 saturated heterocycles. The predicted octanol–water partition coefficient (Wildman–Crippen LogP) is 2.36. The molecule has 0 spiro atoms. The minimum atomic E-state index is -0.296. The molecule has 0 aliphatic rings. The van der Waals surface area contributed by atoms with E-state index in [1.54, 1.807) is 6.07 Å². The van der Waals surface area contributed by atoms with Crippen molar-refractivity contribution in [1.82, 2.24) is 5.43 Å². The molecule has 0 aliphatic heterocycles. The van der Waals surface area contributed by atoms with Crippen molar-refractivity contribution in [1.29, 1.82) is 0 Å². The molecule has 3 nitrogen and oxygen atoms in total. The summed E-state index contributed by atoms with van der Waals surface area (Å²) < 4.78 is 14.5. The van der Waals surface area contributed by atoms with E-state index in [1.165, 1.54) is 12.3 Å². The first kappa shape index (κ1) is 12.8. The predicted molar refractivity (Wildman–Crippen MR) is 74.3 cm³/mol. The third kappa shape index (κ3) is 3.99. The fraction of sp³-hybridized carbons (Fsp3) is 0. The number of nitrogens with one attached hydrogen (secondary N) is 1. The zero-order chi connectivity index (χ0) is 11.4. The Labute approximate surface area is 114 Å². The van der Waals surface area contributed by atoms with Crippen LogP contribution in [0.4, 0.5) is 4.39 Å². The SMILES string of the molecule is NC(=S)NN=Cc1cc(F)c(I)cc1Br. The molecule has 0 bridgehead atoms. The number of hydrazone groups is 1. The molecular formula is C8H6BrFIN3S. The average molecular weight is 402 g/mol. The summed E-state index contributed by atoms with van der Waals surface area (Å²) in [7, 11) is 0. The summed E-state index contributed by atoms with van der Waals surface area (Å²) in [5.74, 6) is -0.296. The van der Waals surface area contributed by atoms with Gasteiger partial charge in [0.1, 0.15) is 5.82 Å². The molecule has 0 aromatic heterocycles. The molecule has 0 aliphatic carbocycles. The van der Waals surface area contributed by atoms with Crippen molar-refractivity contribution in [2.24, 2.45) is 10.8 Å². The van der Waals surface area contributed by atoms with Gasteiger partial charge in [-0.1, -0.05) is 15.9 Å². The molecule has 0 heterocycles.